The maximum Gasteiger partial charge on any atom is 0.137 e. The fourth-order valence-corrected chi connectivity index (χ4v) is 3.01. The van der Waals surface area contributed by atoms with E-state index in [1.165, 1.54) is 0 Å². The van der Waals surface area contributed by atoms with Gasteiger partial charge in [-0.1, -0.05) is 18.2 Å². The van der Waals surface area contributed by atoms with Gasteiger partial charge in [-0.3, -0.25) is 4.90 Å². The molecule has 1 aromatic heterocycles. The molecule has 1 aromatic carbocycles. The standard InChI is InChI=1S/C16H23N3O/c1-11-5-4-6-12-9-14(20-16(11)12)15(17)13-10-18(2)7-8-19(13)3/h4-6,9,13,15H,7-8,10,17H2,1-3H3. The normalized spacial score (nSPS) is 23.3. The Morgan fingerprint density at radius 2 is 2.10 bits per heavy atom. The van der Waals surface area contributed by atoms with E-state index in [-0.39, 0.29) is 6.04 Å². The molecule has 1 aliphatic heterocycles. The van der Waals surface area contributed by atoms with Crippen LogP contribution in [0.1, 0.15) is 17.4 Å². The summed E-state index contributed by atoms with van der Waals surface area (Å²) < 4.78 is 6.03. The predicted molar refractivity (Wildman–Crippen MR) is 81.8 cm³/mol. The molecule has 2 unspecified atom stereocenters. The molecule has 20 heavy (non-hydrogen) atoms. The number of rotatable bonds is 2. The number of nitrogens with two attached hydrogens (primary N) is 1. The summed E-state index contributed by atoms with van der Waals surface area (Å²) in [6.45, 7) is 5.20. The van der Waals surface area contributed by atoms with E-state index in [0.717, 1.165) is 41.9 Å². The Hall–Kier alpha value is -1.36. The summed E-state index contributed by atoms with van der Waals surface area (Å²) in [6.07, 6.45) is 0. The zero-order valence-electron chi connectivity index (χ0n) is 12.5. The molecule has 1 aliphatic rings. The lowest BCUT2D eigenvalue weighted by molar-refractivity contribution is 0.0926. The Balaban J connectivity index is 1.91. The van der Waals surface area contributed by atoms with Gasteiger partial charge in [0.2, 0.25) is 0 Å². The number of hydrogen-bond acceptors (Lipinski definition) is 4. The molecule has 2 N–H and O–H groups in total. The van der Waals surface area contributed by atoms with Crippen molar-refractivity contribution in [1.29, 1.82) is 0 Å². The first-order valence-electron chi connectivity index (χ1n) is 7.19. The Kier molecular flexibility index (Phi) is 3.54. The highest BCUT2D eigenvalue weighted by molar-refractivity contribution is 5.81. The molecule has 0 amide bonds. The van der Waals surface area contributed by atoms with E-state index in [9.17, 15) is 0 Å². The van der Waals surface area contributed by atoms with Gasteiger partial charge in [-0.15, -0.1) is 0 Å². The predicted octanol–water partition coefficient (Wildman–Crippen LogP) is 1.99. The van der Waals surface area contributed by atoms with Crippen LogP contribution in [0.4, 0.5) is 0 Å². The van der Waals surface area contributed by atoms with E-state index in [2.05, 4.69) is 55.1 Å². The van der Waals surface area contributed by atoms with E-state index in [1.807, 2.05) is 0 Å². The average Bonchev–Trinajstić information content (AvgIpc) is 2.86. The first-order chi connectivity index (χ1) is 9.56. The van der Waals surface area contributed by atoms with Crippen LogP contribution in [-0.2, 0) is 0 Å². The molecule has 3 rings (SSSR count). The van der Waals surface area contributed by atoms with Crippen molar-refractivity contribution in [1.82, 2.24) is 9.80 Å². The second-order valence-corrected chi connectivity index (χ2v) is 5.98. The summed E-state index contributed by atoms with van der Waals surface area (Å²) in [5.41, 5.74) is 8.60. The van der Waals surface area contributed by atoms with E-state index in [4.69, 9.17) is 10.2 Å². The number of para-hydroxylation sites is 1. The van der Waals surface area contributed by atoms with Crippen molar-refractivity contribution in [2.24, 2.45) is 5.73 Å². The minimum Gasteiger partial charge on any atom is -0.459 e. The Bertz CT molecular complexity index is 607. The van der Waals surface area contributed by atoms with Gasteiger partial charge in [0, 0.05) is 31.1 Å². The first-order valence-corrected chi connectivity index (χ1v) is 7.19. The number of benzene rings is 1. The topological polar surface area (TPSA) is 45.6 Å². The van der Waals surface area contributed by atoms with Crippen molar-refractivity contribution in [3.8, 4) is 0 Å². The van der Waals surface area contributed by atoms with Gasteiger partial charge in [-0.2, -0.15) is 0 Å². The largest absolute Gasteiger partial charge is 0.459 e. The van der Waals surface area contributed by atoms with Crippen molar-refractivity contribution in [3.05, 3.63) is 35.6 Å². The van der Waals surface area contributed by atoms with Crippen molar-refractivity contribution in [2.45, 2.75) is 19.0 Å². The SMILES string of the molecule is Cc1cccc2cc(C(N)C3CN(C)CCN3C)oc12. The molecule has 0 saturated carbocycles. The third kappa shape index (κ3) is 2.35. The average molecular weight is 273 g/mol. The number of nitrogens with zero attached hydrogens (tertiary/aromatic N) is 2. The molecule has 2 atom stereocenters. The number of aryl methyl sites for hydroxylation is 1. The minimum atomic E-state index is -0.0884. The molecule has 108 valence electrons. The fourth-order valence-electron chi connectivity index (χ4n) is 3.01. The number of fused-ring (bicyclic) bond motifs is 1. The van der Waals surface area contributed by atoms with E-state index >= 15 is 0 Å². The molecular formula is C16H23N3O. The van der Waals surface area contributed by atoms with Crippen molar-refractivity contribution >= 4 is 11.0 Å². The maximum atomic E-state index is 6.47. The maximum absolute atomic E-state index is 6.47. The van der Waals surface area contributed by atoms with E-state index < -0.39 is 0 Å². The second-order valence-electron chi connectivity index (χ2n) is 5.98. The van der Waals surface area contributed by atoms with Gasteiger partial charge in [0.15, 0.2) is 0 Å². The minimum absolute atomic E-state index is 0.0884. The first kappa shape index (κ1) is 13.6. The van der Waals surface area contributed by atoms with Gasteiger partial charge < -0.3 is 15.1 Å². The van der Waals surface area contributed by atoms with Gasteiger partial charge in [0.1, 0.15) is 11.3 Å². The highest BCUT2D eigenvalue weighted by Crippen LogP contribution is 2.28. The van der Waals surface area contributed by atoms with Gasteiger partial charge in [0.25, 0.3) is 0 Å². The smallest absolute Gasteiger partial charge is 0.137 e. The van der Waals surface area contributed by atoms with Crippen molar-refractivity contribution in [3.63, 3.8) is 0 Å². The lowest BCUT2D eigenvalue weighted by atomic mass is 10.0. The molecule has 0 spiro atoms. The van der Waals surface area contributed by atoms with Crippen LogP contribution in [0.3, 0.4) is 0 Å². The van der Waals surface area contributed by atoms with Crippen LogP contribution in [0.5, 0.6) is 0 Å². The summed E-state index contributed by atoms with van der Waals surface area (Å²) in [6, 6.07) is 8.52. The lowest BCUT2D eigenvalue weighted by Crippen LogP contribution is -2.54. The molecule has 4 nitrogen and oxygen atoms in total. The quantitative estimate of drug-likeness (QED) is 0.909. The van der Waals surface area contributed by atoms with Gasteiger partial charge in [-0.05, 0) is 32.6 Å². The lowest BCUT2D eigenvalue weighted by Gasteiger charge is -2.40. The third-order valence-electron chi connectivity index (χ3n) is 4.40. The molecule has 0 aliphatic carbocycles. The van der Waals surface area contributed by atoms with Gasteiger partial charge in [0.05, 0.1) is 6.04 Å². The highest BCUT2D eigenvalue weighted by Gasteiger charge is 2.30. The monoisotopic (exact) mass is 273 g/mol. The molecule has 1 fully saturated rings. The second kappa shape index (κ2) is 5.20. The van der Waals surface area contributed by atoms with Crippen LogP contribution >= 0.6 is 0 Å². The summed E-state index contributed by atoms with van der Waals surface area (Å²) in [5.74, 6) is 0.890. The number of likely N-dealkylation sites (N-methyl/N-ethyl adjacent to an activating group) is 2. The zero-order valence-corrected chi connectivity index (χ0v) is 12.5. The summed E-state index contributed by atoms with van der Waals surface area (Å²) >= 11 is 0. The van der Waals surface area contributed by atoms with Crippen LogP contribution < -0.4 is 5.73 Å². The Morgan fingerprint density at radius 3 is 2.85 bits per heavy atom. The fraction of sp³-hybridized carbons (Fsp3) is 0.500. The third-order valence-corrected chi connectivity index (χ3v) is 4.40. The molecule has 1 saturated heterocycles. The summed E-state index contributed by atoms with van der Waals surface area (Å²) in [7, 11) is 4.29. The van der Waals surface area contributed by atoms with Gasteiger partial charge in [-0.25, -0.2) is 0 Å². The van der Waals surface area contributed by atoms with Crippen molar-refractivity contribution in [2.75, 3.05) is 33.7 Å². The van der Waals surface area contributed by atoms with E-state index in [1.54, 1.807) is 0 Å². The molecule has 2 heterocycles. The van der Waals surface area contributed by atoms with Crippen LogP contribution in [-0.4, -0.2) is 49.6 Å². The highest BCUT2D eigenvalue weighted by atomic mass is 16.3. The molecule has 2 aromatic rings. The number of furan rings is 1. The van der Waals surface area contributed by atoms with Gasteiger partial charge >= 0.3 is 0 Å². The molecule has 0 bridgehead atoms. The zero-order chi connectivity index (χ0) is 14.3. The Labute approximate surface area is 120 Å². The molecule has 0 radical (unpaired) electrons. The van der Waals surface area contributed by atoms with E-state index in [0.29, 0.717) is 6.04 Å². The number of piperazine rings is 1. The van der Waals surface area contributed by atoms with Crippen molar-refractivity contribution < 1.29 is 4.42 Å². The van der Waals surface area contributed by atoms with Crippen LogP contribution in [0, 0.1) is 6.92 Å². The molecule has 4 heteroatoms. The molecular weight excluding hydrogens is 250 g/mol. The van der Waals surface area contributed by atoms with Crippen LogP contribution in [0.15, 0.2) is 28.7 Å². The van der Waals surface area contributed by atoms with Crippen LogP contribution in [0.25, 0.3) is 11.0 Å². The summed E-state index contributed by atoms with van der Waals surface area (Å²) in [5, 5.41) is 1.14. The Morgan fingerprint density at radius 1 is 1.30 bits per heavy atom. The van der Waals surface area contributed by atoms with Crippen LogP contribution in [0.2, 0.25) is 0 Å². The number of hydrogen-bond donors (Lipinski definition) is 1. The summed E-state index contributed by atoms with van der Waals surface area (Å²) in [4.78, 5) is 4.67.